The number of aliphatic imine (C=N–C) groups is 1. The summed E-state index contributed by atoms with van der Waals surface area (Å²) in [6, 6.07) is 14.2. The van der Waals surface area contributed by atoms with E-state index in [9.17, 15) is 4.79 Å². The summed E-state index contributed by atoms with van der Waals surface area (Å²) in [6.45, 7) is 15.1. The first-order chi connectivity index (χ1) is 16.4. The topological polar surface area (TPSA) is 47.2 Å². The summed E-state index contributed by atoms with van der Waals surface area (Å²) >= 11 is 6.82. The molecule has 1 saturated carbocycles. The largest absolute Gasteiger partial charge is 0.299 e. The number of aromatic nitrogens is 2. The van der Waals surface area contributed by atoms with Crippen molar-refractivity contribution in [2.24, 2.45) is 16.3 Å². The fourth-order valence-corrected chi connectivity index (χ4v) is 6.04. The van der Waals surface area contributed by atoms with Gasteiger partial charge in [-0.1, -0.05) is 76.6 Å². The van der Waals surface area contributed by atoms with Gasteiger partial charge < -0.3 is 0 Å². The maximum atomic E-state index is 13.7. The average molecular weight is 488 g/mol. The lowest BCUT2D eigenvalue weighted by Gasteiger charge is -2.41. The molecule has 1 aliphatic heterocycles. The second-order valence-corrected chi connectivity index (χ2v) is 12.4. The lowest BCUT2D eigenvalue weighted by Crippen LogP contribution is -2.43. The number of ketones is 1. The van der Waals surface area contributed by atoms with Crippen molar-refractivity contribution in [3.8, 4) is 5.69 Å². The molecule has 1 aromatic heterocycles. The molecule has 182 valence electrons. The number of carbonyl (C=O) groups is 1. The summed E-state index contributed by atoms with van der Waals surface area (Å²) in [6.07, 6.45) is 1.33. The molecule has 1 aliphatic carbocycles. The van der Waals surface area contributed by atoms with E-state index in [0.29, 0.717) is 11.4 Å². The van der Waals surface area contributed by atoms with Gasteiger partial charge in [-0.25, -0.2) is 9.67 Å². The van der Waals surface area contributed by atoms with Crippen LogP contribution in [0.2, 0.25) is 5.02 Å². The lowest BCUT2D eigenvalue weighted by atomic mass is 9.63. The van der Waals surface area contributed by atoms with Crippen molar-refractivity contribution in [2.75, 3.05) is 0 Å². The summed E-state index contributed by atoms with van der Waals surface area (Å²) in [5, 5.41) is 5.90. The Bertz CT molecular complexity index is 1370. The Hall–Kier alpha value is -2.72. The van der Waals surface area contributed by atoms with E-state index < -0.39 is 0 Å². The molecule has 0 N–H and O–H groups in total. The van der Waals surface area contributed by atoms with Crippen LogP contribution in [0.15, 0.2) is 47.5 Å². The second-order valence-electron chi connectivity index (χ2n) is 12.0. The predicted octanol–water partition coefficient (Wildman–Crippen LogP) is 7.66. The van der Waals surface area contributed by atoms with Gasteiger partial charge in [-0.3, -0.25) is 4.79 Å². The van der Waals surface area contributed by atoms with Crippen LogP contribution in [0, 0.1) is 25.2 Å². The van der Waals surface area contributed by atoms with Crippen LogP contribution in [0.25, 0.3) is 5.69 Å². The zero-order valence-corrected chi connectivity index (χ0v) is 22.5. The molecule has 2 aromatic carbocycles. The van der Waals surface area contributed by atoms with Gasteiger partial charge in [-0.05, 0) is 54.5 Å². The Morgan fingerprint density at radius 3 is 2.40 bits per heavy atom. The number of hydrogen-bond donors (Lipinski definition) is 0. The Morgan fingerprint density at radius 2 is 1.71 bits per heavy atom. The molecule has 0 saturated heterocycles. The molecule has 0 radical (unpaired) electrons. The highest BCUT2D eigenvalue weighted by atomic mass is 35.5. The molecule has 2 heterocycles. The smallest absolute Gasteiger partial charge is 0.159 e. The predicted molar refractivity (Wildman–Crippen MR) is 144 cm³/mol. The number of rotatable bonds is 2. The number of aryl methyl sites for hydroxylation is 1. The van der Waals surface area contributed by atoms with Crippen molar-refractivity contribution in [3.05, 3.63) is 75.4 Å². The van der Waals surface area contributed by atoms with Crippen LogP contribution >= 0.6 is 11.6 Å². The third-order valence-corrected chi connectivity index (χ3v) is 7.91. The van der Waals surface area contributed by atoms with Gasteiger partial charge in [0.25, 0.3) is 0 Å². The molecule has 4 nitrogen and oxygen atoms in total. The Morgan fingerprint density at radius 1 is 1.00 bits per heavy atom. The Labute approximate surface area is 213 Å². The molecular weight excluding hydrogens is 454 g/mol. The number of halogens is 1. The van der Waals surface area contributed by atoms with E-state index in [4.69, 9.17) is 21.7 Å². The van der Waals surface area contributed by atoms with E-state index in [1.54, 1.807) is 0 Å². The molecule has 0 bridgehead atoms. The maximum Gasteiger partial charge on any atom is 0.159 e. The first kappa shape index (κ1) is 24.0. The van der Waals surface area contributed by atoms with E-state index >= 15 is 0 Å². The van der Waals surface area contributed by atoms with Crippen molar-refractivity contribution < 1.29 is 4.79 Å². The number of carbonyl (C=O) groups excluding carboxylic acids is 1. The van der Waals surface area contributed by atoms with E-state index in [2.05, 4.69) is 72.7 Å². The van der Waals surface area contributed by atoms with Gasteiger partial charge in [0, 0.05) is 34.1 Å². The first-order valence-electron chi connectivity index (χ1n) is 12.4. The minimum absolute atomic E-state index is 0.119. The average Bonchev–Trinajstić information content (AvgIpc) is 3.13. The standard InChI is InChI=1S/C30H34ClN3O/c1-17-11-10-14-22(18(17)2)34-28-26(27(33-34)29(3,4)5)24(19-12-8-9-13-20(19)31)25-21(32-28)15-30(6,7)16-23(25)35/h8-14,24-25H,15-16H2,1-7H3. The van der Waals surface area contributed by atoms with Crippen molar-refractivity contribution >= 4 is 28.9 Å². The molecule has 2 atom stereocenters. The zero-order chi connectivity index (χ0) is 25.3. The quantitative estimate of drug-likeness (QED) is 0.372. The highest BCUT2D eigenvalue weighted by Gasteiger charge is 2.49. The molecule has 2 aliphatic rings. The van der Waals surface area contributed by atoms with Gasteiger partial charge in [-0.15, -0.1) is 0 Å². The molecule has 5 rings (SSSR count). The monoisotopic (exact) mass is 487 g/mol. The SMILES string of the molecule is Cc1cccc(-n2nc(C(C)(C)C)c3c2N=C2CC(C)(C)CC(=O)C2C3c2ccccc2Cl)c1C. The molecule has 5 heteroatoms. The third kappa shape index (κ3) is 3.96. The highest BCUT2D eigenvalue weighted by molar-refractivity contribution is 6.31. The van der Waals surface area contributed by atoms with E-state index in [1.165, 1.54) is 11.1 Å². The van der Waals surface area contributed by atoms with Crippen molar-refractivity contribution in [2.45, 2.75) is 72.6 Å². The highest BCUT2D eigenvalue weighted by Crippen LogP contribution is 2.53. The van der Waals surface area contributed by atoms with Crippen LogP contribution in [0.4, 0.5) is 5.82 Å². The van der Waals surface area contributed by atoms with Crippen molar-refractivity contribution in [3.63, 3.8) is 0 Å². The number of fused-ring (bicyclic) bond motifs is 2. The summed E-state index contributed by atoms with van der Waals surface area (Å²) in [5.74, 6) is 0.566. The minimum atomic E-state index is -0.312. The molecule has 3 aromatic rings. The van der Waals surface area contributed by atoms with Gasteiger partial charge in [0.15, 0.2) is 5.82 Å². The molecular formula is C30H34ClN3O. The van der Waals surface area contributed by atoms with Gasteiger partial charge in [-0.2, -0.15) is 5.10 Å². The van der Waals surface area contributed by atoms with Crippen LogP contribution in [0.1, 0.15) is 81.3 Å². The Balaban J connectivity index is 1.88. The second kappa shape index (κ2) is 8.16. The lowest BCUT2D eigenvalue weighted by molar-refractivity contribution is -0.124. The molecule has 2 unspecified atom stereocenters. The molecule has 0 spiro atoms. The van der Waals surface area contributed by atoms with Crippen LogP contribution in [0.3, 0.4) is 0 Å². The molecule has 35 heavy (non-hydrogen) atoms. The maximum absolute atomic E-state index is 13.7. The molecule has 1 fully saturated rings. The number of nitrogens with zero attached hydrogens (tertiary/aromatic N) is 3. The normalized spacial score (nSPS) is 21.4. The van der Waals surface area contributed by atoms with E-state index in [-0.39, 0.29) is 28.4 Å². The van der Waals surface area contributed by atoms with Crippen molar-refractivity contribution in [1.29, 1.82) is 0 Å². The van der Waals surface area contributed by atoms with Gasteiger partial charge in [0.1, 0.15) is 5.78 Å². The zero-order valence-electron chi connectivity index (χ0n) is 21.7. The summed E-state index contributed by atoms with van der Waals surface area (Å²) in [5.41, 5.74) is 6.99. The van der Waals surface area contributed by atoms with Crippen LogP contribution < -0.4 is 0 Å². The van der Waals surface area contributed by atoms with Crippen molar-refractivity contribution in [1.82, 2.24) is 9.78 Å². The summed E-state index contributed by atoms with van der Waals surface area (Å²) in [7, 11) is 0. The third-order valence-electron chi connectivity index (χ3n) is 7.56. The molecule has 0 amide bonds. The minimum Gasteiger partial charge on any atom is -0.299 e. The first-order valence-corrected chi connectivity index (χ1v) is 12.8. The Kier molecular flexibility index (Phi) is 5.60. The number of Topliss-reactive ketones (excluding diaryl/α,β-unsaturated/α-hetero) is 1. The fraction of sp³-hybridized carbons (Fsp3) is 0.433. The van der Waals surface area contributed by atoms with E-state index in [1.807, 2.05) is 22.9 Å². The van der Waals surface area contributed by atoms with Crippen LogP contribution in [0.5, 0.6) is 0 Å². The number of hydrogen-bond acceptors (Lipinski definition) is 3. The fourth-order valence-electron chi connectivity index (χ4n) is 5.78. The van der Waals surface area contributed by atoms with Gasteiger partial charge in [0.2, 0.25) is 0 Å². The van der Waals surface area contributed by atoms with E-state index in [0.717, 1.165) is 40.5 Å². The van der Waals surface area contributed by atoms with Gasteiger partial charge in [0.05, 0.1) is 17.3 Å². The summed E-state index contributed by atoms with van der Waals surface area (Å²) in [4.78, 5) is 19.0. The van der Waals surface area contributed by atoms with Gasteiger partial charge >= 0.3 is 0 Å². The summed E-state index contributed by atoms with van der Waals surface area (Å²) < 4.78 is 2.01. The number of benzene rings is 2. The van der Waals surface area contributed by atoms with Crippen LogP contribution in [-0.2, 0) is 10.2 Å². The van der Waals surface area contributed by atoms with Crippen LogP contribution in [-0.4, -0.2) is 21.3 Å².